The maximum Gasteiger partial charge on any atom is 0.419 e. The van der Waals surface area contributed by atoms with E-state index < -0.39 is 5.76 Å². The average molecular weight is 208 g/mol. The van der Waals surface area contributed by atoms with Crippen molar-refractivity contribution >= 4 is 5.69 Å². The number of H-pyrrole nitrogens is 1. The molecule has 0 aliphatic heterocycles. The summed E-state index contributed by atoms with van der Waals surface area (Å²) in [6.07, 6.45) is 0. The minimum absolute atomic E-state index is 0.00769. The van der Waals surface area contributed by atoms with Crippen molar-refractivity contribution < 1.29 is 14.6 Å². The lowest BCUT2D eigenvalue weighted by atomic mass is 10.1. The van der Waals surface area contributed by atoms with E-state index in [1.54, 1.807) is 0 Å². The van der Waals surface area contributed by atoms with Gasteiger partial charge in [0.1, 0.15) is 5.75 Å². The molecule has 1 aromatic carbocycles. The van der Waals surface area contributed by atoms with Crippen LogP contribution in [0.3, 0.4) is 0 Å². The smallest absolute Gasteiger partial charge is 0.419 e. The van der Waals surface area contributed by atoms with Crippen molar-refractivity contribution in [3.63, 3.8) is 0 Å². The molecule has 1 aromatic heterocycles. The Kier molecular flexibility index (Phi) is 1.89. The van der Waals surface area contributed by atoms with Crippen molar-refractivity contribution in [2.75, 3.05) is 5.73 Å². The maximum absolute atomic E-state index is 10.8. The van der Waals surface area contributed by atoms with Crippen LogP contribution in [0.4, 0.5) is 5.69 Å². The number of hydrogen-bond donors (Lipinski definition) is 4. The van der Waals surface area contributed by atoms with Gasteiger partial charge in [-0.3, -0.25) is 4.98 Å². The first-order valence-electron chi connectivity index (χ1n) is 4.09. The number of hydrogen-bond acceptors (Lipinski definition) is 5. The first-order chi connectivity index (χ1) is 7.08. The second-order valence-corrected chi connectivity index (χ2v) is 2.97. The summed E-state index contributed by atoms with van der Waals surface area (Å²) in [5.74, 6) is -1.21. The Morgan fingerprint density at radius 1 is 1.33 bits per heavy atom. The number of phenolic OH excluding ortho intramolecular Hbond substituents is 1. The highest BCUT2D eigenvalue weighted by Gasteiger charge is 2.12. The molecule has 0 spiro atoms. The van der Waals surface area contributed by atoms with Crippen molar-refractivity contribution in [2.45, 2.75) is 0 Å². The molecular weight excluding hydrogens is 200 g/mol. The molecule has 0 bridgehead atoms. The number of aromatic hydroxyl groups is 2. The maximum atomic E-state index is 10.8. The number of oxazole rings is 1. The van der Waals surface area contributed by atoms with Crippen LogP contribution >= 0.6 is 0 Å². The lowest BCUT2D eigenvalue weighted by Crippen LogP contribution is -1.92. The monoisotopic (exact) mass is 208 g/mol. The van der Waals surface area contributed by atoms with E-state index >= 15 is 0 Å². The Labute approximate surface area is 83.6 Å². The van der Waals surface area contributed by atoms with E-state index in [9.17, 15) is 15.0 Å². The molecule has 0 radical (unpaired) electrons. The van der Waals surface area contributed by atoms with Crippen LogP contribution in [0.1, 0.15) is 0 Å². The van der Waals surface area contributed by atoms with Gasteiger partial charge >= 0.3 is 5.76 Å². The third kappa shape index (κ3) is 1.52. The summed E-state index contributed by atoms with van der Waals surface area (Å²) in [5.41, 5.74) is 5.99. The van der Waals surface area contributed by atoms with Crippen LogP contribution in [0.2, 0.25) is 0 Å². The second-order valence-electron chi connectivity index (χ2n) is 2.97. The fraction of sp³-hybridized carbons (Fsp3) is 0. The number of anilines is 1. The molecule has 1 heterocycles. The molecule has 15 heavy (non-hydrogen) atoms. The average Bonchev–Trinajstić information content (AvgIpc) is 2.50. The predicted octanol–water partition coefficient (Wildman–Crippen LogP) is 0.628. The zero-order valence-corrected chi connectivity index (χ0v) is 7.52. The molecule has 0 aliphatic rings. The highest BCUT2D eigenvalue weighted by atomic mass is 16.4. The predicted molar refractivity (Wildman–Crippen MR) is 52.5 cm³/mol. The fourth-order valence-electron chi connectivity index (χ4n) is 1.21. The van der Waals surface area contributed by atoms with Gasteiger partial charge in [0, 0.05) is 5.56 Å². The van der Waals surface area contributed by atoms with E-state index in [1.807, 2.05) is 0 Å². The number of nitrogens with two attached hydrogens (primary N) is 1. The summed E-state index contributed by atoms with van der Waals surface area (Å²) in [6.45, 7) is 0. The Balaban J connectivity index is 2.59. The molecule has 5 N–H and O–H groups in total. The summed E-state index contributed by atoms with van der Waals surface area (Å²) >= 11 is 0. The molecule has 78 valence electrons. The second kappa shape index (κ2) is 3.09. The number of aromatic nitrogens is 1. The Morgan fingerprint density at radius 2 is 2.07 bits per heavy atom. The lowest BCUT2D eigenvalue weighted by molar-refractivity contribution is 0.452. The van der Waals surface area contributed by atoms with E-state index in [-0.39, 0.29) is 23.1 Å². The molecule has 0 amide bonds. The Morgan fingerprint density at radius 3 is 2.60 bits per heavy atom. The van der Waals surface area contributed by atoms with Crippen LogP contribution in [0.5, 0.6) is 11.6 Å². The summed E-state index contributed by atoms with van der Waals surface area (Å²) in [6, 6.07) is 4.20. The standard InChI is InChI=1S/C9H8N2O4/c10-5-3-4(1-2-6(5)12)7-8(13)11-9(14)15-7/h1-3,12-13H,10H2,(H,11,14). The van der Waals surface area contributed by atoms with Gasteiger partial charge in [0.05, 0.1) is 5.69 Å². The van der Waals surface area contributed by atoms with Crippen molar-refractivity contribution in [3.8, 4) is 23.0 Å². The van der Waals surface area contributed by atoms with Crippen molar-refractivity contribution in [3.05, 3.63) is 28.7 Å². The molecule has 0 saturated carbocycles. The van der Waals surface area contributed by atoms with E-state index in [0.29, 0.717) is 5.56 Å². The first kappa shape index (κ1) is 9.20. The van der Waals surface area contributed by atoms with Crippen LogP contribution < -0.4 is 11.5 Å². The topological polar surface area (TPSA) is 112 Å². The van der Waals surface area contributed by atoms with Gasteiger partial charge in [-0.15, -0.1) is 0 Å². The van der Waals surface area contributed by atoms with E-state index in [1.165, 1.54) is 18.2 Å². The summed E-state index contributed by atoms with van der Waals surface area (Å²) < 4.78 is 4.70. The zero-order chi connectivity index (χ0) is 11.0. The molecule has 2 rings (SSSR count). The van der Waals surface area contributed by atoms with Crippen molar-refractivity contribution in [2.24, 2.45) is 0 Å². The molecule has 0 fully saturated rings. The van der Waals surface area contributed by atoms with Gasteiger partial charge < -0.3 is 20.4 Å². The molecular formula is C9H8N2O4. The summed E-state index contributed by atoms with van der Waals surface area (Å²) in [7, 11) is 0. The van der Waals surface area contributed by atoms with Crippen molar-refractivity contribution in [1.29, 1.82) is 0 Å². The fourth-order valence-corrected chi connectivity index (χ4v) is 1.21. The normalized spacial score (nSPS) is 10.4. The SMILES string of the molecule is Nc1cc(-c2oc(=O)[nH]c2O)ccc1O. The molecule has 6 nitrogen and oxygen atoms in total. The molecule has 0 unspecified atom stereocenters. The van der Waals surface area contributed by atoms with Gasteiger partial charge in [0.15, 0.2) is 5.76 Å². The largest absolute Gasteiger partial charge is 0.506 e. The van der Waals surface area contributed by atoms with E-state index in [2.05, 4.69) is 4.98 Å². The molecule has 0 aliphatic carbocycles. The van der Waals surface area contributed by atoms with Crippen LogP contribution in [-0.4, -0.2) is 15.2 Å². The van der Waals surface area contributed by atoms with Crippen LogP contribution in [0, 0.1) is 0 Å². The number of benzene rings is 1. The minimum Gasteiger partial charge on any atom is -0.506 e. The van der Waals surface area contributed by atoms with Crippen LogP contribution in [0.15, 0.2) is 27.4 Å². The van der Waals surface area contributed by atoms with Gasteiger partial charge in [-0.25, -0.2) is 4.79 Å². The van der Waals surface area contributed by atoms with Gasteiger partial charge in [0.2, 0.25) is 5.88 Å². The first-order valence-corrected chi connectivity index (χ1v) is 4.09. The molecule has 6 heteroatoms. The minimum atomic E-state index is -0.755. The quantitative estimate of drug-likeness (QED) is 0.405. The van der Waals surface area contributed by atoms with E-state index in [0.717, 1.165) is 0 Å². The number of nitrogens with one attached hydrogen (secondary N) is 1. The van der Waals surface area contributed by atoms with Crippen LogP contribution in [-0.2, 0) is 0 Å². The number of rotatable bonds is 1. The third-order valence-electron chi connectivity index (χ3n) is 1.92. The van der Waals surface area contributed by atoms with E-state index in [4.69, 9.17) is 10.2 Å². The van der Waals surface area contributed by atoms with Gasteiger partial charge in [-0.1, -0.05) is 0 Å². The zero-order valence-electron chi connectivity index (χ0n) is 7.52. The Hall–Kier alpha value is -2.37. The number of aromatic amines is 1. The number of nitrogen functional groups attached to an aromatic ring is 1. The lowest BCUT2D eigenvalue weighted by Gasteiger charge is -2.00. The van der Waals surface area contributed by atoms with Gasteiger partial charge in [0.25, 0.3) is 0 Å². The summed E-state index contributed by atoms with van der Waals surface area (Å²) in [4.78, 5) is 12.8. The van der Waals surface area contributed by atoms with Crippen LogP contribution in [0.25, 0.3) is 11.3 Å². The highest BCUT2D eigenvalue weighted by molar-refractivity contribution is 5.69. The Bertz CT molecular complexity index is 555. The number of phenols is 1. The molecule has 0 atom stereocenters. The van der Waals surface area contributed by atoms with Gasteiger partial charge in [-0.05, 0) is 18.2 Å². The van der Waals surface area contributed by atoms with Crippen molar-refractivity contribution in [1.82, 2.24) is 4.98 Å². The molecule has 2 aromatic rings. The molecule has 0 saturated heterocycles. The highest BCUT2D eigenvalue weighted by Crippen LogP contribution is 2.30. The third-order valence-corrected chi connectivity index (χ3v) is 1.92. The summed E-state index contributed by atoms with van der Waals surface area (Å²) in [5, 5.41) is 18.5. The van der Waals surface area contributed by atoms with Gasteiger partial charge in [-0.2, -0.15) is 0 Å².